The molecule has 1 N–H and O–H groups in total. The van der Waals surface area contributed by atoms with E-state index in [0.717, 1.165) is 11.2 Å². The lowest BCUT2D eigenvalue weighted by molar-refractivity contribution is 1.24. The fourth-order valence-corrected chi connectivity index (χ4v) is 3.51. The second-order valence-electron chi connectivity index (χ2n) is 6.46. The van der Waals surface area contributed by atoms with Crippen LogP contribution in [0.5, 0.6) is 0 Å². The standard InChI is InChI=1S/C21H20N2.ClH/c1-12-8-9-19-18(10-12)20(15(4)23-19)17-11-14(3)22-21-13(2)6-5-7-16(17)21;/h5-11,23H,1-4H3;1H. The van der Waals surface area contributed by atoms with E-state index in [1.165, 1.54) is 44.2 Å². The number of aromatic amines is 1. The highest BCUT2D eigenvalue weighted by Crippen LogP contribution is 2.37. The molecular formula is C21H21ClN2. The van der Waals surface area contributed by atoms with E-state index in [1.807, 2.05) is 0 Å². The van der Waals surface area contributed by atoms with Gasteiger partial charge >= 0.3 is 0 Å². The van der Waals surface area contributed by atoms with E-state index in [2.05, 4.69) is 75.1 Å². The van der Waals surface area contributed by atoms with Crippen molar-refractivity contribution in [1.29, 1.82) is 0 Å². The van der Waals surface area contributed by atoms with Crippen LogP contribution in [-0.2, 0) is 0 Å². The molecule has 4 rings (SSSR count). The Morgan fingerprint density at radius 3 is 2.46 bits per heavy atom. The molecule has 3 heteroatoms. The first-order valence-corrected chi connectivity index (χ1v) is 8.01. The molecule has 2 aromatic heterocycles. The van der Waals surface area contributed by atoms with Crippen LogP contribution in [0.3, 0.4) is 0 Å². The van der Waals surface area contributed by atoms with Crippen LogP contribution in [-0.4, -0.2) is 9.97 Å². The first-order valence-electron chi connectivity index (χ1n) is 8.01. The number of rotatable bonds is 1. The molecule has 0 unspecified atom stereocenters. The van der Waals surface area contributed by atoms with Crippen molar-refractivity contribution in [3.8, 4) is 11.1 Å². The maximum Gasteiger partial charge on any atom is 0.0740 e. The molecule has 24 heavy (non-hydrogen) atoms. The molecule has 0 amide bonds. The van der Waals surface area contributed by atoms with Crippen molar-refractivity contribution in [3.05, 3.63) is 65.0 Å². The van der Waals surface area contributed by atoms with Crippen LogP contribution in [0.1, 0.15) is 22.5 Å². The van der Waals surface area contributed by atoms with Gasteiger partial charge < -0.3 is 4.98 Å². The van der Waals surface area contributed by atoms with Gasteiger partial charge in [0, 0.05) is 33.2 Å². The zero-order chi connectivity index (χ0) is 16.1. The Hall–Kier alpha value is -2.32. The molecule has 0 aliphatic heterocycles. The number of H-pyrrole nitrogens is 1. The predicted octanol–water partition coefficient (Wildman–Crippen LogP) is 6.04. The molecular weight excluding hydrogens is 316 g/mol. The minimum atomic E-state index is 0. The van der Waals surface area contributed by atoms with Gasteiger partial charge in [-0.3, -0.25) is 4.98 Å². The lowest BCUT2D eigenvalue weighted by atomic mass is 9.96. The van der Waals surface area contributed by atoms with E-state index in [4.69, 9.17) is 4.98 Å². The van der Waals surface area contributed by atoms with Gasteiger partial charge in [0.15, 0.2) is 0 Å². The number of halogens is 1. The van der Waals surface area contributed by atoms with Gasteiger partial charge in [0.25, 0.3) is 0 Å². The highest BCUT2D eigenvalue weighted by atomic mass is 35.5. The normalized spacial score (nSPS) is 11.0. The average Bonchev–Trinajstić information content (AvgIpc) is 2.83. The third kappa shape index (κ3) is 2.47. The lowest BCUT2D eigenvalue weighted by Gasteiger charge is -2.10. The van der Waals surface area contributed by atoms with E-state index in [1.54, 1.807) is 0 Å². The Morgan fingerprint density at radius 1 is 0.875 bits per heavy atom. The van der Waals surface area contributed by atoms with Crippen LogP contribution in [0.2, 0.25) is 0 Å². The molecule has 0 radical (unpaired) electrons. The van der Waals surface area contributed by atoms with Gasteiger partial charge in [0.05, 0.1) is 5.52 Å². The highest BCUT2D eigenvalue weighted by Gasteiger charge is 2.15. The Balaban J connectivity index is 0.00000169. The summed E-state index contributed by atoms with van der Waals surface area (Å²) in [6.45, 7) is 8.50. The molecule has 0 saturated carbocycles. The SMILES string of the molecule is Cc1ccc2[nH]c(C)c(-c3cc(C)nc4c(C)cccc34)c2c1.Cl. The third-order valence-electron chi connectivity index (χ3n) is 4.58. The van der Waals surface area contributed by atoms with Gasteiger partial charge in [-0.05, 0) is 57.0 Å². The summed E-state index contributed by atoms with van der Waals surface area (Å²) in [6, 6.07) is 15.2. The zero-order valence-corrected chi connectivity index (χ0v) is 15.2. The van der Waals surface area contributed by atoms with Gasteiger partial charge in [0.1, 0.15) is 0 Å². The maximum atomic E-state index is 4.76. The number of hydrogen-bond acceptors (Lipinski definition) is 1. The molecule has 4 aromatic rings. The molecule has 122 valence electrons. The first kappa shape index (κ1) is 16.5. The largest absolute Gasteiger partial charge is 0.358 e. The second kappa shape index (κ2) is 5.95. The van der Waals surface area contributed by atoms with Gasteiger partial charge in [-0.25, -0.2) is 0 Å². The van der Waals surface area contributed by atoms with Crippen molar-refractivity contribution < 1.29 is 0 Å². The van der Waals surface area contributed by atoms with Gasteiger partial charge in [0.2, 0.25) is 0 Å². The van der Waals surface area contributed by atoms with E-state index in [0.29, 0.717) is 0 Å². The Labute approximate surface area is 148 Å². The molecule has 0 aliphatic carbocycles. The fourth-order valence-electron chi connectivity index (χ4n) is 3.51. The summed E-state index contributed by atoms with van der Waals surface area (Å²) in [7, 11) is 0. The van der Waals surface area contributed by atoms with Crippen LogP contribution in [0.4, 0.5) is 0 Å². The molecule has 0 atom stereocenters. The molecule has 0 saturated heterocycles. The molecule has 0 aliphatic rings. The summed E-state index contributed by atoms with van der Waals surface area (Å²) in [5.74, 6) is 0. The van der Waals surface area contributed by atoms with E-state index in [-0.39, 0.29) is 12.4 Å². The summed E-state index contributed by atoms with van der Waals surface area (Å²) in [5, 5.41) is 2.51. The molecule has 0 bridgehead atoms. The Kier molecular flexibility index (Phi) is 4.10. The van der Waals surface area contributed by atoms with Crippen molar-refractivity contribution in [1.82, 2.24) is 9.97 Å². The highest BCUT2D eigenvalue weighted by molar-refractivity contribution is 6.06. The summed E-state index contributed by atoms with van der Waals surface area (Å²) in [6.07, 6.45) is 0. The zero-order valence-electron chi connectivity index (χ0n) is 14.4. The van der Waals surface area contributed by atoms with Crippen molar-refractivity contribution in [2.24, 2.45) is 0 Å². The average molecular weight is 337 g/mol. The van der Waals surface area contributed by atoms with E-state index in [9.17, 15) is 0 Å². The topological polar surface area (TPSA) is 28.7 Å². The summed E-state index contributed by atoms with van der Waals surface area (Å²) >= 11 is 0. The quantitative estimate of drug-likeness (QED) is 0.451. The van der Waals surface area contributed by atoms with Crippen molar-refractivity contribution in [3.63, 3.8) is 0 Å². The van der Waals surface area contributed by atoms with Crippen LogP contribution in [0.15, 0.2) is 42.5 Å². The van der Waals surface area contributed by atoms with Crippen LogP contribution < -0.4 is 0 Å². The van der Waals surface area contributed by atoms with Crippen molar-refractivity contribution >= 4 is 34.2 Å². The minimum Gasteiger partial charge on any atom is -0.358 e. The predicted molar refractivity (Wildman–Crippen MR) is 105 cm³/mol. The number of fused-ring (bicyclic) bond motifs is 2. The number of nitrogens with one attached hydrogen (secondary N) is 1. The number of para-hydroxylation sites is 1. The molecule has 0 fully saturated rings. The smallest absolute Gasteiger partial charge is 0.0740 e. The summed E-state index contributed by atoms with van der Waals surface area (Å²) in [5.41, 5.74) is 9.63. The number of hydrogen-bond donors (Lipinski definition) is 1. The van der Waals surface area contributed by atoms with Crippen molar-refractivity contribution in [2.45, 2.75) is 27.7 Å². The first-order chi connectivity index (χ1) is 11.0. The van der Waals surface area contributed by atoms with Crippen molar-refractivity contribution in [2.75, 3.05) is 0 Å². The van der Waals surface area contributed by atoms with Crippen LogP contribution in [0.25, 0.3) is 32.9 Å². The Bertz CT molecular complexity index is 1060. The van der Waals surface area contributed by atoms with E-state index < -0.39 is 0 Å². The molecule has 2 nitrogen and oxygen atoms in total. The summed E-state index contributed by atoms with van der Waals surface area (Å²) in [4.78, 5) is 8.29. The third-order valence-corrected chi connectivity index (χ3v) is 4.58. The second-order valence-corrected chi connectivity index (χ2v) is 6.46. The van der Waals surface area contributed by atoms with Gasteiger partial charge in [-0.1, -0.05) is 29.8 Å². The number of aryl methyl sites for hydroxylation is 4. The lowest BCUT2D eigenvalue weighted by Crippen LogP contribution is -1.91. The number of benzene rings is 2. The molecule has 2 aromatic carbocycles. The number of nitrogens with zero attached hydrogens (tertiary/aromatic N) is 1. The van der Waals surface area contributed by atoms with Gasteiger partial charge in [-0.15, -0.1) is 12.4 Å². The Morgan fingerprint density at radius 2 is 1.67 bits per heavy atom. The van der Waals surface area contributed by atoms with Crippen LogP contribution >= 0.6 is 12.4 Å². The molecule has 0 spiro atoms. The monoisotopic (exact) mass is 336 g/mol. The van der Waals surface area contributed by atoms with Gasteiger partial charge in [-0.2, -0.15) is 0 Å². The van der Waals surface area contributed by atoms with Crippen LogP contribution in [0, 0.1) is 27.7 Å². The molecule has 2 heterocycles. The fraction of sp³-hybridized carbons (Fsp3) is 0.190. The number of aromatic nitrogens is 2. The minimum absolute atomic E-state index is 0. The van der Waals surface area contributed by atoms with E-state index >= 15 is 0 Å². The number of pyridine rings is 1. The maximum absolute atomic E-state index is 4.76. The summed E-state index contributed by atoms with van der Waals surface area (Å²) < 4.78 is 0.